The molecule has 1 saturated carbocycles. The predicted octanol–water partition coefficient (Wildman–Crippen LogP) is 5.17. The Bertz CT molecular complexity index is 1280. The van der Waals surface area contributed by atoms with E-state index in [1.807, 2.05) is 54.6 Å². The van der Waals surface area contributed by atoms with E-state index >= 15 is 0 Å². The van der Waals surface area contributed by atoms with Gasteiger partial charge in [-0.3, -0.25) is 4.79 Å². The van der Waals surface area contributed by atoms with Gasteiger partial charge in [0.05, 0.1) is 26.4 Å². The van der Waals surface area contributed by atoms with Gasteiger partial charge in [-0.2, -0.15) is 0 Å². The van der Waals surface area contributed by atoms with Gasteiger partial charge < -0.3 is 14.5 Å². The van der Waals surface area contributed by atoms with E-state index in [2.05, 4.69) is 46.4 Å². The van der Waals surface area contributed by atoms with Crippen LogP contribution < -0.4 is 14.5 Å². The van der Waals surface area contributed by atoms with Crippen molar-refractivity contribution < 1.29 is 9.53 Å². The number of anilines is 2. The van der Waals surface area contributed by atoms with E-state index in [9.17, 15) is 4.79 Å². The molecular formula is C29H31N5O2. The van der Waals surface area contributed by atoms with E-state index in [-0.39, 0.29) is 5.91 Å². The molecule has 0 saturated heterocycles. The van der Waals surface area contributed by atoms with E-state index < -0.39 is 0 Å². The SMILES string of the molecule is CCN(c1ccc(CN(C(=O)c2cn(Cc3ccccc3)nn2)c2ccc(OC)cc2)cc1)C1CC1. The molecule has 184 valence electrons. The monoisotopic (exact) mass is 481 g/mol. The van der Waals surface area contributed by atoms with Gasteiger partial charge in [-0.25, -0.2) is 4.68 Å². The van der Waals surface area contributed by atoms with Crippen LogP contribution in [0.1, 0.15) is 41.4 Å². The molecule has 1 aliphatic rings. The van der Waals surface area contributed by atoms with Crippen LogP contribution in [0, 0.1) is 0 Å². The molecule has 36 heavy (non-hydrogen) atoms. The Morgan fingerprint density at radius 1 is 0.944 bits per heavy atom. The maximum Gasteiger partial charge on any atom is 0.280 e. The summed E-state index contributed by atoms with van der Waals surface area (Å²) >= 11 is 0. The van der Waals surface area contributed by atoms with Gasteiger partial charge in [0, 0.05) is 24.0 Å². The van der Waals surface area contributed by atoms with Crippen molar-refractivity contribution in [2.45, 2.75) is 38.9 Å². The zero-order chi connectivity index (χ0) is 24.9. The Morgan fingerprint density at radius 2 is 1.64 bits per heavy atom. The molecule has 1 aliphatic carbocycles. The summed E-state index contributed by atoms with van der Waals surface area (Å²) in [6.07, 6.45) is 4.24. The van der Waals surface area contributed by atoms with Crippen LogP contribution in [-0.2, 0) is 13.1 Å². The first-order valence-electron chi connectivity index (χ1n) is 12.4. The van der Waals surface area contributed by atoms with Crippen molar-refractivity contribution in [1.29, 1.82) is 0 Å². The zero-order valence-corrected chi connectivity index (χ0v) is 20.7. The van der Waals surface area contributed by atoms with E-state index in [0.717, 1.165) is 29.1 Å². The van der Waals surface area contributed by atoms with Crippen LogP contribution >= 0.6 is 0 Å². The quantitative estimate of drug-likeness (QED) is 0.313. The fourth-order valence-electron chi connectivity index (χ4n) is 4.44. The number of carbonyl (C=O) groups is 1. The lowest BCUT2D eigenvalue weighted by Gasteiger charge is -2.25. The number of nitrogens with zero attached hydrogens (tertiary/aromatic N) is 5. The van der Waals surface area contributed by atoms with Gasteiger partial charge in [0.1, 0.15) is 5.75 Å². The second-order valence-corrected chi connectivity index (χ2v) is 9.06. The predicted molar refractivity (Wildman–Crippen MR) is 142 cm³/mol. The highest BCUT2D eigenvalue weighted by molar-refractivity contribution is 6.04. The first-order valence-corrected chi connectivity index (χ1v) is 12.4. The Hall–Kier alpha value is -4.13. The number of methoxy groups -OCH3 is 1. The largest absolute Gasteiger partial charge is 0.497 e. The Morgan fingerprint density at radius 3 is 2.28 bits per heavy atom. The molecule has 1 aromatic heterocycles. The number of carbonyl (C=O) groups excluding carboxylic acids is 1. The number of aromatic nitrogens is 3. The smallest absolute Gasteiger partial charge is 0.280 e. The lowest BCUT2D eigenvalue weighted by molar-refractivity contribution is 0.0980. The summed E-state index contributed by atoms with van der Waals surface area (Å²) < 4.78 is 7.00. The summed E-state index contributed by atoms with van der Waals surface area (Å²) in [4.78, 5) is 17.8. The molecule has 1 fully saturated rings. The summed E-state index contributed by atoms with van der Waals surface area (Å²) in [6, 6.07) is 26.7. The van der Waals surface area contributed by atoms with Crippen molar-refractivity contribution in [3.8, 4) is 5.75 Å². The number of rotatable bonds is 10. The topological polar surface area (TPSA) is 63.5 Å². The number of ether oxygens (including phenoxy) is 1. The van der Waals surface area contributed by atoms with E-state index in [0.29, 0.717) is 24.8 Å². The fourth-order valence-corrected chi connectivity index (χ4v) is 4.44. The fraction of sp³-hybridized carbons (Fsp3) is 0.276. The van der Waals surface area contributed by atoms with E-state index in [4.69, 9.17) is 4.74 Å². The summed E-state index contributed by atoms with van der Waals surface area (Å²) in [5.74, 6) is 0.542. The van der Waals surface area contributed by atoms with Gasteiger partial charge in [0.2, 0.25) is 0 Å². The van der Waals surface area contributed by atoms with Crippen molar-refractivity contribution in [2.24, 2.45) is 0 Å². The van der Waals surface area contributed by atoms with Gasteiger partial charge >= 0.3 is 0 Å². The number of amides is 1. The highest BCUT2D eigenvalue weighted by Gasteiger charge is 2.28. The molecule has 3 aromatic carbocycles. The van der Waals surface area contributed by atoms with E-state index in [1.54, 1.807) is 22.9 Å². The van der Waals surface area contributed by atoms with Crippen LogP contribution in [0.25, 0.3) is 0 Å². The molecule has 1 heterocycles. The lowest BCUT2D eigenvalue weighted by atomic mass is 10.1. The van der Waals surface area contributed by atoms with Crippen molar-refractivity contribution in [3.05, 3.63) is 102 Å². The second-order valence-electron chi connectivity index (χ2n) is 9.06. The van der Waals surface area contributed by atoms with Crippen LogP contribution in [0.5, 0.6) is 5.75 Å². The third kappa shape index (κ3) is 5.40. The maximum atomic E-state index is 13.7. The van der Waals surface area contributed by atoms with Crippen LogP contribution in [0.3, 0.4) is 0 Å². The molecule has 0 radical (unpaired) electrons. The van der Waals surface area contributed by atoms with Crippen molar-refractivity contribution >= 4 is 17.3 Å². The van der Waals surface area contributed by atoms with Crippen LogP contribution in [0.15, 0.2) is 85.1 Å². The average Bonchev–Trinajstić information content (AvgIpc) is 3.66. The molecule has 7 nitrogen and oxygen atoms in total. The minimum atomic E-state index is -0.197. The summed E-state index contributed by atoms with van der Waals surface area (Å²) in [6.45, 7) is 4.17. The molecule has 0 spiro atoms. The average molecular weight is 482 g/mol. The van der Waals surface area contributed by atoms with Crippen LogP contribution in [0.2, 0.25) is 0 Å². The van der Waals surface area contributed by atoms with Crippen molar-refractivity contribution in [3.63, 3.8) is 0 Å². The van der Waals surface area contributed by atoms with Gasteiger partial charge in [-0.05, 0) is 67.3 Å². The zero-order valence-electron chi connectivity index (χ0n) is 20.7. The highest BCUT2D eigenvalue weighted by Crippen LogP contribution is 2.32. The Balaban J connectivity index is 1.38. The highest BCUT2D eigenvalue weighted by atomic mass is 16.5. The first kappa shape index (κ1) is 23.6. The van der Waals surface area contributed by atoms with Gasteiger partial charge in [0.15, 0.2) is 5.69 Å². The third-order valence-electron chi connectivity index (χ3n) is 6.51. The molecule has 0 aliphatic heterocycles. The second kappa shape index (κ2) is 10.6. The summed E-state index contributed by atoms with van der Waals surface area (Å²) in [5, 5.41) is 8.40. The molecule has 4 aromatic rings. The molecule has 1 amide bonds. The molecule has 0 bridgehead atoms. The van der Waals surface area contributed by atoms with Crippen molar-refractivity contribution in [1.82, 2.24) is 15.0 Å². The molecule has 7 heteroatoms. The summed E-state index contributed by atoms with van der Waals surface area (Å²) in [7, 11) is 1.63. The first-order chi connectivity index (χ1) is 17.6. The minimum Gasteiger partial charge on any atom is -0.497 e. The molecule has 0 unspecified atom stereocenters. The maximum absolute atomic E-state index is 13.7. The minimum absolute atomic E-state index is 0.197. The standard InChI is InChI=1S/C29H31N5O2/c1-3-33(25-13-14-25)24-11-9-23(10-12-24)20-34(26-15-17-27(36-2)18-16-26)29(35)28-21-32(31-30-28)19-22-7-5-4-6-8-22/h4-12,15-18,21,25H,3,13-14,19-20H2,1-2H3. The summed E-state index contributed by atoms with van der Waals surface area (Å²) in [5.41, 5.74) is 4.46. The van der Waals surface area contributed by atoms with Crippen molar-refractivity contribution in [2.75, 3.05) is 23.5 Å². The Kier molecular flexibility index (Phi) is 6.98. The van der Waals surface area contributed by atoms with Gasteiger partial charge in [0.25, 0.3) is 5.91 Å². The third-order valence-corrected chi connectivity index (χ3v) is 6.51. The molecular weight excluding hydrogens is 450 g/mol. The molecule has 5 rings (SSSR count). The van der Waals surface area contributed by atoms with Crippen LogP contribution in [0.4, 0.5) is 11.4 Å². The number of benzene rings is 3. The molecule has 0 atom stereocenters. The number of hydrogen-bond acceptors (Lipinski definition) is 5. The normalized spacial score (nSPS) is 12.8. The van der Waals surface area contributed by atoms with Gasteiger partial charge in [-0.15, -0.1) is 5.10 Å². The number of hydrogen-bond donors (Lipinski definition) is 0. The Labute approximate surface area is 211 Å². The van der Waals surface area contributed by atoms with Crippen LogP contribution in [-0.4, -0.2) is 40.6 Å². The molecule has 0 N–H and O–H groups in total. The van der Waals surface area contributed by atoms with Gasteiger partial charge in [-0.1, -0.05) is 47.7 Å². The lowest BCUT2D eigenvalue weighted by Crippen LogP contribution is -2.31. The van der Waals surface area contributed by atoms with E-state index in [1.165, 1.54) is 18.5 Å².